The van der Waals surface area contributed by atoms with E-state index in [9.17, 15) is 0 Å². The van der Waals surface area contributed by atoms with E-state index in [4.69, 9.17) is 5.11 Å². The largest absolute Gasteiger partial charge is 0.396 e. The summed E-state index contributed by atoms with van der Waals surface area (Å²) < 4.78 is 2.59. The maximum atomic E-state index is 9.06. The molecule has 3 nitrogen and oxygen atoms in total. The summed E-state index contributed by atoms with van der Waals surface area (Å²) in [5.41, 5.74) is 5.59. The van der Waals surface area contributed by atoms with Crippen LogP contribution in [0.4, 0.5) is 0 Å². The van der Waals surface area contributed by atoms with E-state index in [-0.39, 0.29) is 6.61 Å². The molecular formula is C27H36N2O. The molecular weight excluding hydrogens is 368 g/mol. The highest BCUT2D eigenvalue weighted by molar-refractivity contribution is 5.85. The van der Waals surface area contributed by atoms with Crippen LogP contribution >= 0.6 is 0 Å². The molecule has 3 aromatic rings. The van der Waals surface area contributed by atoms with Crippen LogP contribution in [0.5, 0.6) is 0 Å². The lowest BCUT2D eigenvalue weighted by Gasteiger charge is -2.24. The molecule has 0 saturated heterocycles. The molecule has 3 heteroatoms. The number of rotatable bonds is 9. The zero-order chi connectivity index (χ0) is 20.8. The number of benzene rings is 2. The molecule has 2 N–H and O–H groups in total. The van der Waals surface area contributed by atoms with Crippen LogP contribution in [0.25, 0.3) is 10.9 Å². The number of para-hydroxylation sites is 1. The second-order valence-corrected chi connectivity index (χ2v) is 8.88. The van der Waals surface area contributed by atoms with Crippen LogP contribution in [0.2, 0.25) is 0 Å². The minimum Gasteiger partial charge on any atom is -0.396 e. The highest BCUT2D eigenvalue weighted by atomic mass is 16.3. The van der Waals surface area contributed by atoms with E-state index in [1.54, 1.807) is 0 Å². The first kappa shape index (κ1) is 21.1. The molecule has 0 bridgehead atoms. The van der Waals surface area contributed by atoms with E-state index in [1.807, 2.05) is 0 Å². The van der Waals surface area contributed by atoms with Gasteiger partial charge in [0.1, 0.15) is 0 Å². The SMILES string of the molecule is Cc1cccc(C(CCNCCCO)c2cn(C3CCCCC3)c3ccccc23)c1. The van der Waals surface area contributed by atoms with Crippen LogP contribution in [-0.4, -0.2) is 29.4 Å². The van der Waals surface area contributed by atoms with Gasteiger partial charge in [-0.25, -0.2) is 0 Å². The van der Waals surface area contributed by atoms with Gasteiger partial charge in [0.05, 0.1) is 0 Å². The molecule has 4 rings (SSSR count). The van der Waals surface area contributed by atoms with Crippen LogP contribution in [0, 0.1) is 6.92 Å². The summed E-state index contributed by atoms with van der Waals surface area (Å²) in [7, 11) is 0. The Balaban J connectivity index is 1.70. The Morgan fingerprint density at radius 1 is 1.03 bits per heavy atom. The minimum absolute atomic E-state index is 0.253. The third-order valence-corrected chi connectivity index (χ3v) is 6.68. The van der Waals surface area contributed by atoms with Crippen LogP contribution in [0.15, 0.2) is 54.7 Å². The quantitative estimate of drug-likeness (QED) is 0.433. The Kier molecular flexibility index (Phi) is 7.24. The minimum atomic E-state index is 0.253. The normalized spacial score (nSPS) is 16.2. The monoisotopic (exact) mass is 404 g/mol. The predicted octanol–water partition coefficient (Wildman–Crippen LogP) is 5.95. The van der Waals surface area contributed by atoms with E-state index in [0.717, 1.165) is 25.9 Å². The Morgan fingerprint density at radius 3 is 2.67 bits per heavy atom. The first-order valence-electron chi connectivity index (χ1n) is 11.8. The molecule has 0 radical (unpaired) electrons. The van der Waals surface area contributed by atoms with Crippen molar-refractivity contribution in [2.75, 3.05) is 19.7 Å². The molecule has 160 valence electrons. The molecule has 1 heterocycles. The van der Waals surface area contributed by atoms with Gasteiger partial charge in [-0.1, -0.05) is 67.3 Å². The average molecular weight is 405 g/mol. The fraction of sp³-hybridized carbons (Fsp3) is 0.481. The van der Waals surface area contributed by atoms with Crippen molar-refractivity contribution in [2.45, 2.75) is 63.8 Å². The third kappa shape index (κ3) is 4.79. The maximum Gasteiger partial charge on any atom is 0.0485 e. The zero-order valence-corrected chi connectivity index (χ0v) is 18.3. The molecule has 1 saturated carbocycles. The summed E-state index contributed by atoms with van der Waals surface area (Å²) in [6.07, 6.45) is 11.0. The zero-order valence-electron chi connectivity index (χ0n) is 18.3. The Labute approximate surface area is 181 Å². The molecule has 1 aromatic heterocycles. The number of nitrogens with zero attached hydrogens (tertiary/aromatic N) is 1. The van der Waals surface area contributed by atoms with Gasteiger partial charge in [-0.3, -0.25) is 0 Å². The Bertz CT molecular complexity index is 939. The van der Waals surface area contributed by atoms with E-state index in [0.29, 0.717) is 12.0 Å². The number of nitrogens with one attached hydrogen (secondary N) is 1. The second-order valence-electron chi connectivity index (χ2n) is 8.88. The topological polar surface area (TPSA) is 37.2 Å². The fourth-order valence-corrected chi connectivity index (χ4v) is 5.13. The van der Waals surface area contributed by atoms with Gasteiger partial charge in [0.25, 0.3) is 0 Å². The number of aliphatic hydroxyl groups is 1. The van der Waals surface area contributed by atoms with Gasteiger partial charge in [-0.05, 0) is 62.9 Å². The van der Waals surface area contributed by atoms with Crippen molar-refractivity contribution in [3.05, 3.63) is 71.4 Å². The molecule has 1 aliphatic carbocycles. The predicted molar refractivity (Wildman–Crippen MR) is 126 cm³/mol. The lowest BCUT2D eigenvalue weighted by Crippen LogP contribution is -2.20. The second kappa shape index (κ2) is 10.3. The molecule has 1 unspecified atom stereocenters. The lowest BCUT2D eigenvalue weighted by atomic mass is 9.87. The summed E-state index contributed by atoms with van der Waals surface area (Å²) in [6.45, 7) is 4.27. The van der Waals surface area contributed by atoms with Gasteiger partial charge in [-0.15, -0.1) is 0 Å². The van der Waals surface area contributed by atoms with Gasteiger partial charge in [0.2, 0.25) is 0 Å². The Hall–Kier alpha value is -2.10. The van der Waals surface area contributed by atoms with Gasteiger partial charge in [-0.2, -0.15) is 0 Å². The summed E-state index contributed by atoms with van der Waals surface area (Å²) in [5, 5.41) is 14.0. The van der Waals surface area contributed by atoms with E-state index in [2.05, 4.69) is 71.5 Å². The van der Waals surface area contributed by atoms with Crippen molar-refractivity contribution in [1.29, 1.82) is 0 Å². The van der Waals surface area contributed by atoms with E-state index in [1.165, 1.54) is 59.7 Å². The molecule has 0 spiro atoms. The third-order valence-electron chi connectivity index (χ3n) is 6.68. The van der Waals surface area contributed by atoms with Gasteiger partial charge in [0.15, 0.2) is 0 Å². The molecule has 0 aliphatic heterocycles. The highest BCUT2D eigenvalue weighted by Crippen LogP contribution is 2.38. The van der Waals surface area contributed by atoms with Gasteiger partial charge in [0, 0.05) is 35.7 Å². The molecule has 30 heavy (non-hydrogen) atoms. The summed E-state index contributed by atoms with van der Waals surface area (Å²) in [4.78, 5) is 0. The highest BCUT2D eigenvalue weighted by Gasteiger charge is 2.23. The smallest absolute Gasteiger partial charge is 0.0485 e. The molecule has 1 atom stereocenters. The van der Waals surface area contributed by atoms with Crippen LogP contribution in [0.1, 0.15) is 73.6 Å². The number of hydrogen-bond donors (Lipinski definition) is 2. The summed E-state index contributed by atoms with van der Waals surface area (Å²) >= 11 is 0. The summed E-state index contributed by atoms with van der Waals surface area (Å²) in [6, 6.07) is 18.6. The first-order valence-corrected chi connectivity index (χ1v) is 11.8. The van der Waals surface area contributed by atoms with Crippen molar-refractivity contribution < 1.29 is 5.11 Å². The molecule has 1 aliphatic rings. The molecule has 0 amide bonds. The van der Waals surface area contributed by atoms with Crippen LogP contribution in [-0.2, 0) is 0 Å². The van der Waals surface area contributed by atoms with E-state index < -0.39 is 0 Å². The van der Waals surface area contributed by atoms with E-state index >= 15 is 0 Å². The van der Waals surface area contributed by atoms with Gasteiger partial charge < -0.3 is 15.0 Å². The number of aliphatic hydroxyl groups excluding tert-OH is 1. The molecule has 1 fully saturated rings. The number of fused-ring (bicyclic) bond motifs is 1. The number of aromatic nitrogens is 1. The average Bonchev–Trinajstić information content (AvgIpc) is 3.16. The first-order chi connectivity index (χ1) is 14.8. The number of hydrogen-bond acceptors (Lipinski definition) is 2. The fourth-order valence-electron chi connectivity index (χ4n) is 5.13. The molecule has 2 aromatic carbocycles. The van der Waals surface area contributed by atoms with Crippen molar-refractivity contribution in [3.8, 4) is 0 Å². The maximum absolute atomic E-state index is 9.06. The number of aryl methyl sites for hydroxylation is 1. The lowest BCUT2D eigenvalue weighted by molar-refractivity contribution is 0.286. The van der Waals surface area contributed by atoms with Crippen LogP contribution in [0.3, 0.4) is 0 Å². The van der Waals surface area contributed by atoms with Crippen molar-refractivity contribution in [2.24, 2.45) is 0 Å². The summed E-state index contributed by atoms with van der Waals surface area (Å²) in [5.74, 6) is 0.376. The standard InChI is InChI=1S/C27H36N2O/c1-21-9-7-10-22(19-21)24(15-17-28-16-8-18-30)26-20-29(23-11-3-2-4-12-23)27-14-6-5-13-25(26)27/h5-7,9-10,13-14,19-20,23-24,28,30H,2-4,8,11-12,15-18H2,1H3. The van der Waals surface area contributed by atoms with Gasteiger partial charge >= 0.3 is 0 Å². The van der Waals surface area contributed by atoms with Crippen LogP contribution < -0.4 is 5.32 Å². The van der Waals surface area contributed by atoms with Crippen molar-refractivity contribution in [3.63, 3.8) is 0 Å². The van der Waals surface area contributed by atoms with Crippen molar-refractivity contribution >= 4 is 10.9 Å². The van der Waals surface area contributed by atoms with Crippen molar-refractivity contribution in [1.82, 2.24) is 9.88 Å². The Morgan fingerprint density at radius 2 is 1.87 bits per heavy atom.